The summed E-state index contributed by atoms with van der Waals surface area (Å²) in [6, 6.07) is 1.82. The molecule has 0 aliphatic heterocycles. The Morgan fingerprint density at radius 3 is 2.60 bits per heavy atom. The average molecular weight is 275 g/mol. The van der Waals surface area contributed by atoms with Gasteiger partial charge in [0.05, 0.1) is 5.69 Å². The number of aromatic nitrogens is 4. The monoisotopic (exact) mass is 275 g/mol. The van der Waals surface area contributed by atoms with Crippen LogP contribution in [0.15, 0.2) is 6.07 Å². The van der Waals surface area contributed by atoms with Crippen molar-refractivity contribution in [3.8, 4) is 11.6 Å². The number of ether oxygens (including phenoxy) is 1. The summed E-state index contributed by atoms with van der Waals surface area (Å²) in [5.74, 6) is 1.89. The molecule has 0 saturated heterocycles. The summed E-state index contributed by atoms with van der Waals surface area (Å²) in [6.07, 6.45) is 1.02. The molecule has 0 spiro atoms. The average Bonchev–Trinajstić information content (AvgIpc) is 2.62. The molecular formula is C14H21N5O. The molecule has 0 saturated carbocycles. The number of aryl methyl sites for hydroxylation is 3. The van der Waals surface area contributed by atoms with Gasteiger partial charge in [0.15, 0.2) is 5.75 Å². The number of nitrogens with zero attached hydrogens (tertiary/aromatic N) is 4. The molecule has 1 N–H and O–H groups in total. The zero-order valence-corrected chi connectivity index (χ0v) is 12.7. The van der Waals surface area contributed by atoms with Crippen molar-refractivity contribution in [3.63, 3.8) is 0 Å². The highest BCUT2D eigenvalue weighted by molar-refractivity contribution is 5.37. The van der Waals surface area contributed by atoms with Gasteiger partial charge in [0, 0.05) is 25.4 Å². The zero-order chi connectivity index (χ0) is 14.7. The quantitative estimate of drug-likeness (QED) is 0.909. The first-order valence-corrected chi connectivity index (χ1v) is 6.79. The normalized spacial score (nSPS) is 10.7. The molecule has 2 heterocycles. The maximum absolute atomic E-state index is 5.89. The summed E-state index contributed by atoms with van der Waals surface area (Å²) in [5.41, 5.74) is 2.69. The molecule has 2 rings (SSSR count). The van der Waals surface area contributed by atoms with E-state index in [9.17, 15) is 0 Å². The third-order valence-electron chi connectivity index (χ3n) is 3.01. The summed E-state index contributed by atoms with van der Waals surface area (Å²) in [6.45, 7) is 8.76. The molecule has 6 nitrogen and oxygen atoms in total. The van der Waals surface area contributed by atoms with Gasteiger partial charge in [-0.25, -0.2) is 4.98 Å². The summed E-state index contributed by atoms with van der Waals surface area (Å²) < 4.78 is 7.69. The van der Waals surface area contributed by atoms with Gasteiger partial charge < -0.3 is 10.1 Å². The Morgan fingerprint density at radius 1 is 1.25 bits per heavy atom. The second-order valence-electron chi connectivity index (χ2n) is 4.82. The lowest BCUT2D eigenvalue weighted by Crippen LogP contribution is -2.06. The highest BCUT2D eigenvalue weighted by Gasteiger charge is 2.13. The zero-order valence-electron chi connectivity index (χ0n) is 12.7. The largest absolute Gasteiger partial charge is 0.435 e. The van der Waals surface area contributed by atoms with E-state index in [2.05, 4.69) is 27.3 Å². The molecule has 20 heavy (non-hydrogen) atoms. The van der Waals surface area contributed by atoms with Gasteiger partial charge in [-0.1, -0.05) is 6.92 Å². The van der Waals surface area contributed by atoms with Crippen LogP contribution in [0.5, 0.6) is 11.6 Å². The molecule has 0 fully saturated rings. The van der Waals surface area contributed by atoms with Crippen molar-refractivity contribution in [1.82, 2.24) is 19.7 Å². The Morgan fingerprint density at radius 2 is 2.00 bits per heavy atom. The van der Waals surface area contributed by atoms with Gasteiger partial charge in [0.25, 0.3) is 0 Å². The Bertz CT molecular complexity index is 606. The molecule has 2 aromatic rings. The lowest BCUT2D eigenvalue weighted by atomic mass is 10.3. The maximum Gasteiger partial charge on any atom is 0.226 e. The molecule has 2 aromatic heterocycles. The number of rotatable bonds is 5. The summed E-state index contributed by atoms with van der Waals surface area (Å²) in [7, 11) is 1.90. The molecule has 0 atom stereocenters. The van der Waals surface area contributed by atoms with Crippen molar-refractivity contribution in [2.75, 3.05) is 11.9 Å². The second-order valence-corrected chi connectivity index (χ2v) is 4.82. The van der Waals surface area contributed by atoms with Gasteiger partial charge >= 0.3 is 0 Å². The molecule has 0 bridgehead atoms. The van der Waals surface area contributed by atoms with Gasteiger partial charge in [0.1, 0.15) is 5.69 Å². The third-order valence-corrected chi connectivity index (χ3v) is 3.01. The molecule has 6 heteroatoms. The smallest absolute Gasteiger partial charge is 0.226 e. The number of nitrogens with one attached hydrogen (secondary N) is 1. The van der Waals surface area contributed by atoms with Crippen LogP contribution in [0.3, 0.4) is 0 Å². The van der Waals surface area contributed by atoms with Crippen molar-refractivity contribution >= 4 is 5.95 Å². The van der Waals surface area contributed by atoms with Crippen LogP contribution in [-0.2, 0) is 7.05 Å². The van der Waals surface area contributed by atoms with E-state index in [4.69, 9.17) is 4.74 Å². The molecule has 0 unspecified atom stereocenters. The summed E-state index contributed by atoms with van der Waals surface area (Å²) in [5, 5.41) is 7.51. The Hall–Kier alpha value is -2.11. The minimum absolute atomic E-state index is 0.537. The van der Waals surface area contributed by atoms with E-state index >= 15 is 0 Å². The SMILES string of the molecule is CCCNc1nc(C)cc(Oc2c(C)nn(C)c2C)n1. The van der Waals surface area contributed by atoms with Crippen LogP contribution in [0.1, 0.15) is 30.4 Å². The van der Waals surface area contributed by atoms with Gasteiger partial charge in [-0.15, -0.1) is 0 Å². The highest BCUT2D eigenvalue weighted by Crippen LogP contribution is 2.27. The Kier molecular flexibility index (Phi) is 4.22. The van der Waals surface area contributed by atoms with Crippen molar-refractivity contribution in [2.45, 2.75) is 34.1 Å². The molecule has 0 aliphatic rings. The lowest BCUT2D eigenvalue weighted by molar-refractivity contribution is 0.454. The Balaban J connectivity index is 2.26. The number of hydrogen-bond donors (Lipinski definition) is 1. The molecule has 0 radical (unpaired) electrons. The molecule has 108 valence electrons. The first-order chi connectivity index (χ1) is 9.51. The summed E-state index contributed by atoms with van der Waals surface area (Å²) >= 11 is 0. The van der Waals surface area contributed by atoms with Crippen LogP contribution in [0, 0.1) is 20.8 Å². The third kappa shape index (κ3) is 3.07. The molecule has 0 aliphatic carbocycles. The van der Waals surface area contributed by atoms with Crippen molar-refractivity contribution in [3.05, 3.63) is 23.1 Å². The summed E-state index contributed by atoms with van der Waals surface area (Å²) in [4.78, 5) is 8.72. The Labute approximate surface area is 119 Å². The fourth-order valence-corrected chi connectivity index (χ4v) is 1.91. The van der Waals surface area contributed by atoms with Crippen LogP contribution in [0.2, 0.25) is 0 Å². The minimum atomic E-state index is 0.537. The van der Waals surface area contributed by atoms with E-state index in [1.165, 1.54) is 0 Å². The van der Waals surface area contributed by atoms with Gasteiger partial charge in [-0.3, -0.25) is 4.68 Å². The standard InChI is InChI=1S/C14H21N5O/c1-6-7-15-14-16-9(2)8-12(17-14)20-13-10(3)18-19(5)11(13)4/h8H,6-7H2,1-5H3,(H,15,16,17). The van der Waals surface area contributed by atoms with Crippen LogP contribution < -0.4 is 10.1 Å². The molecule has 0 aromatic carbocycles. The van der Waals surface area contributed by atoms with E-state index in [0.29, 0.717) is 11.8 Å². The van der Waals surface area contributed by atoms with E-state index in [-0.39, 0.29) is 0 Å². The highest BCUT2D eigenvalue weighted by atomic mass is 16.5. The van der Waals surface area contributed by atoms with E-state index < -0.39 is 0 Å². The fraction of sp³-hybridized carbons (Fsp3) is 0.500. The maximum atomic E-state index is 5.89. The predicted molar refractivity (Wildman–Crippen MR) is 78.3 cm³/mol. The topological polar surface area (TPSA) is 64.9 Å². The van der Waals surface area contributed by atoms with Gasteiger partial charge in [-0.05, 0) is 27.2 Å². The number of anilines is 1. The van der Waals surface area contributed by atoms with Crippen LogP contribution in [-0.4, -0.2) is 26.3 Å². The lowest BCUT2D eigenvalue weighted by Gasteiger charge is -2.09. The molecular weight excluding hydrogens is 254 g/mol. The van der Waals surface area contributed by atoms with Crippen LogP contribution in [0.4, 0.5) is 5.95 Å². The van der Waals surface area contributed by atoms with Crippen LogP contribution >= 0.6 is 0 Å². The van der Waals surface area contributed by atoms with Crippen molar-refractivity contribution in [1.29, 1.82) is 0 Å². The van der Waals surface area contributed by atoms with Crippen molar-refractivity contribution < 1.29 is 4.74 Å². The van der Waals surface area contributed by atoms with Crippen molar-refractivity contribution in [2.24, 2.45) is 7.05 Å². The second kappa shape index (κ2) is 5.90. The minimum Gasteiger partial charge on any atom is -0.435 e. The van der Waals surface area contributed by atoms with E-state index in [1.807, 2.05) is 33.9 Å². The predicted octanol–water partition coefficient (Wildman–Crippen LogP) is 2.75. The number of hydrogen-bond acceptors (Lipinski definition) is 5. The van der Waals surface area contributed by atoms with Gasteiger partial charge in [0.2, 0.25) is 11.8 Å². The van der Waals surface area contributed by atoms with Gasteiger partial charge in [-0.2, -0.15) is 10.1 Å². The molecule has 0 amide bonds. The fourth-order valence-electron chi connectivity index (χ4n) is 1.91. The first kappa shape index (κ1) is 14.3. The van der Waals surface area contributed by atoms with E-state index in [1.54, 1.807) is 4.68 Å². The van der Waals surface area contributed by atoms with Crippen LogP contribution in [0.25, 0.3) is 0 Å². The first-order valence-electron chi connectivity index (χ1n) is 6.79. The van der Waals surface area contributed by atoms with E-state index in [0.717, 1.165) is 35.8 Å².